The Morgan fingerprint density at radius 2 is 2.00 bits per heavy atom. The molecule has 0 amide bonds. The largest absolute Gasteiger partial charge is 0.385 e. The Labute approximate surface area is 173 Å². The van der Waals surface area contributed by atoms with E-state index in [4.69, 9.17) is 14.5 Å². The Morgan fingerprint density at radius 3 is 2.58 bits per heavy atom. The van der Waals surface area contributed by atoms with Crippen LogP contribution in [0.3, 0.4) is 0 Å². The number of hydrogen-bond donors (Lipinski definition) is 1. The number of aliphatic imine (C=N–C) groups is 1. The van der Waals surface area contributed by atoms with Gasteiger partial charge in [-0.1, -0.05) is 0 Å². The normalized spacial score (nSPS) is 15.8. The summed E-state index contributed by atoms with van der Waals surface area (Å²) in [6.07, 6.45) is 3.36. The zero-order valence-electron chi connectivity index (χ0n) is 16.4. The Morgan fingerprint density at radius 1 is 1.27 bits per heavy atom. The lowest BCUT2D eigenvalue weighted by molar-refractivity contribution is 0.00990. The van der Waals surface area contributed by atoms with E-state index in [9.17, 15) is 0 Å². The molecule has 0 aromatic carbocycles. The summed E-state index contributed by atoms with van der Waals surface area (Å²) in [7, 11) is 3.70. The molecule has 0 radical (unpaired) electrons. The van der Waals surface area contributed by atoms with E-state index in [-0.39, 0.29) is 24.0 Å². The van der Waals surface area contributed by atoms with E-state index < -0.39 is 0 Å². The molecule has 0 aliphatic carbocycles. The fourth-order valence-electron chi connectivity index (χ4n) is 2.85. The van der Waals surface area contributed by atoms with Gasteiger partial charge in [-0.2, -0.15) is 0 Å². The first-order valence-electron chi connectivity index (χ1n) is 9.14. The Balaban J connectivity index is 0.00000338. The number of rotatable bonds is 8. The molecule has 1 aromatic heterocycles. The Kier molecular flexibility index (Phi) is 11.1. The van der Waals surface area contributed by atoms with Gasteiger partial charge in [-0.3, -0.25) is 0 Å². The first-order valence-corrected chi connectivity index (χ1v) is 9.14. The molecule has 8 nitrogen and oxygen atoms in total. The zero-order valence-corrected chi connectivity index (χ0v) is 18.7. The molecule has 26 heavy (non-hydrogen) atoms. The van der Waals surface area contributed by atoms with Crippen molar-refractivity contribution in [3.8, 4) is 0 Å². The molecule has 9 heteroatoms. The van der Waals surface area contributed by atoms with Crippen molar-refractivity contribution >= 4 is 29.9 Å². The van der Waals surface area contributed by atoms with E-state index in [2.05, 4.69) is 27.3 Å². The van der Waals surface area contributed by atoms with Crippen molar-refractivity contribution in [3.63, 3.8) is 0 Å². The summed E-state index contributed by atoms with van der Waals surface area (Å²) in [6.45, 7) is 8.88. The number of guanidine groups is 1. The number of halogens is 1. The van der Waals surface area contributed by atoms with Gasteiger partial charge in [-0.25, -0.2) is 4.99 Å². The minimum Gasteiger partial charge on any atom is -0.385 e. The SMILES string of the molecule is CCNC(=NCc1nnc(C)n1C)N1CCC(OCCCOC)CC1.I. The predicted octanol–water partition coefficient (Wildman–Crippen LogP) is 1.72. The molecule has 0 bridgehead atoms. The molecule has 1 aromatic rings. The summed E-state index contributed by atoms with van der Waals surface area (Å²) in [5.74, 6) is 2.73. The number of piperidine rings is 1. The minimum atomic E-state index is 0. The first-order chi connectivity index (χ1) is 12.2. The molecule has 1 fully saturated rings. The maximum atomic E-state index is 5.93. The highest BCUT2D eigenvalue weighted by atomic mass is 127. The number of nitrogens with one attached hydrogen (secondary N) is 1. The zero-order chi connectivity index (χ0) is 18.1. The van der Waals surface area contributed by atoms with Crippen LogP contribution in [0, 0.1) is 6.92 Å². The average molecular weight is 480 g/mol. The lowest BCUT2D eigenvalue weighted by Gasteiger charge is -2.34. The number of aryl methyl sites for hydroxylation is 1. The average Bonchev–Trinajstić information content (AvgIpc) is 2.95. The predicted molar refractivity (Wildman–Crippen MR) is 113 cm³/mol. The fraction of sp³-hybridized carbons (Fsp3) is 0.824. The fourth-order valence-corrected chi connectivity index (χ4v) is 2.85. The summed E-state index contributed by atoms with van der Waals surface area (Å²) in [4.78, 5) is 7.05. The van der Waals surface area contributed by atoms with Crippen LogP contribution in [0.2, 0.25) is 0 Å². The van der Waals surface area contributed by atoms with E-state index in [1.807, 2.05) is 18.5 Å². The quantitative estimate of drug-likeness (QED) is 0.264. The molecule has 2 rings (SSSR count). The van der Waals surface area contributed by atoms with Gasteiger partial charge >= 0.3 is 0 Å². The molecule has 1 aliphatic rings. The van der Waals surface area contributed by atoms with Gasteiger partial charge in [-0.05, 0) is 33.1 Å². The molecular formula is C17H33IN6O2. The van der Waals surface area contributed by atoms with Crippen molar-refractivity contribution in [2.45, 2.75) is 45.8 Å². The van der Waals surface area contributed by atoms with Crippen molar-refractivity contribution in [1.29, 1.82) is 0 Å². The van der Waals surface area contributed by atoms with Crippen LogP contribution in [0.5, 0.6) is 0 Å². The summed E-state index contributed by atoms with van der Waals surface area (Å²) < 4.78 is 13.0. The van der Waals surface area contributed by atoms with Crippen LogP contribution in [0.1, 0.15) is 37.8 Å². The van der Waals surface area contributed by atoms with E-state index in [1.54, 1.807) is 7.11 Å². The molecule has 1 aliphatic heterocycles. The highest BCUT2D eigenvalue weighted by molar-refractivity contribution is 14.0. The molecule has 0 atom stereocenters. The third-order valence-corrected chi connectivity index (χ3v) is 4.48. The lowest BCUT2D eigenvalue weighted by Crippen LogP contribution is -2.47. The molecule has 0 unspecified atom stereocenters. The number of methoxy groups -OCH3 is 1. The van der Waals surface area contributed by atoms with E-state index in [0.29, 0.717) is 12.6 Å². The van der Waals surface area contributed by atoms with Crippen molar-refractivity contribution in [2.75, 3.05) is 40.0 Å². The van der Waals surface area contributed by atoms with Crippen LogP contribution in [0.4, 0.5) is 0 Å². The maximum absolute atomic E-state index is 5.93. The topological polar surface area (TPSA) is 76.8 Å². The third-order valence-electron chi connectivity index (χ3n) is 4.48. The van der Waals surface area contributed by atoms with Crippen molar-refractivity contribution in [1.82, 2.24) is 25.0 Å². The number of nitrogens with zero attached hydrogens (tertiary/aromatic N) is 5. The standard InChI is InChI=1S/C17H32N6O2.HI/c1-5-18-17(19-13-16-21-20-14(2)22(16)3)23-9-7-15(8-10-23)25-12-6-11-24-4;/h15H,5-13H2,1-4H3,(H,18,19);1H. The van der Waals surface area contributed by atoms with Crippen molar-refractivity contribution in [3.05, 3.63) is 11.6 Å². The molecule has 1 saturated heterocycles. The number of likely N-dealkylation sites (tertiary alicyclic amines) is 1. The second kappa shape index (κ2) is 12.4. The van der Waals surface area contributed by atoms with Gasteiger partial charge in [0, 0.05) is 47.0 Å². The summed E-state index contributed by atoms with van der Waals surface area (Å²) in [6, 6.07) is 0. The van der Waals surface area contributed by atoms with Gasteiger partial charge < -0.3 is 24.3 Å². The smallest absolute Gasteiger partial charge is 0.194 e. The number of hydrogen-bond acceptors (Lipinski definition) is 5. The van der Waals surface area contributed by atoms with Crippen LogP contribution in [0.15, 0.2) is 4.99 Å². The molecule has 0 spiro atoms. The van der Waals surface area contributed by atoms with Gasteiger partial charge in [0.05, 0.1) is 6.10 Å². The molecule has 150 valence electrons. The Bertz CT molecular complexity index is 543. The van der Waals surface area contributed by atoms with Gasteiger partial charge in [0.15, 0.2) is 11.8 Å². The Hall–Kier alpha value is -0.940. The molecular weight excluding hydrogens is 447 g/mol. The second-order valence-corrected chi connectivity index (χ2v) is 6.30. The van der Waals surface area contributed by atoms with Crippen LogP contribution >= 0.6 is 24.0 Å². The van der Waals surface area contributed by atoms with Crippen molar-refractivity contribution < 1.29 is 9.47 Å². The van der Waals surface area contributed by atoms with Crippen LogP contribution in [-0.2, 0) is 23.1 Å². The lowest BCUT2D eigenvalue weighted by atomic mass is 10.1. The maximum Gasteiger partial charge on any atom is 0.194 e. The van der Waals surface area contributed by atoms with Gasteiger partial charge in [0.25, 0.3) is 0 Å². The molecule has 1 N–H and O–H groups in total. The second-order valence-electron chi connectivity index (χ2n) is 6.30. The molecule has 2 heterocycles. The highest BCUT2D eigenvalue weighted by Crippen LogP contribution is 2.14. The van der Waals surface area contributed by atoms with Gasteiger partial charge in [0.2, 0.25) is 0 Å². The number of ether oxygens (including phenoxy) is 2. The van der Waals surface area contributed by atoms with Crippen LogP contribution < -0.4 is 5.32 Å². The van der Waals surface area contributed by atoms with Gasteiger partial charge in [0.1, 0.15) is 12.4 Å². The highest BCUT2D eigenvalue weighted by Gasteiger charge is 2.22. The van der Waals surface area contributed by atoms with Gasteiger partial charge in [-0.15, -0.1) is 34.2 Å². The van der Waals surface area contributed by atoms with E-state index >= 15 is 0 Å². The van der Waals surface area contributed by atoms with Crippen LogP contribution in [-0.4, -0.2) is 71.7 Å². The summed E-state index contributed by atoms with van der Waals surface area (Å²) in [5.41, 5.74) is 0. The number of aromatic nitrogens is 3. The monoisotopic (exact) mass is 480 g/mol. The first kappa shape index (κ1) is 23.1. The van der Waals surface area contributed by atoms with E-state index in [0.717, 1.165) is 69.7 Å². The minimum absolute atomic E-state index is 0. The van der Waals surface area contributed by atoms with Crippen LogP contribution in [0.25, 0.3) is 0 Å². The summed E-state index contributed by atoms with van der Waals surface area (Å²) in [5, 5.41) is 11.7. The molecule has 0 saturated carbocycles. The summed E-state index contributed by atoms with van der Waals surface area (Å²) >= 11 is 0. The van der Waals surface area contributed by atoms with Crippen molar-refractivity contribution in [2.24, 2.45) is 12.0 Å². The third kappa shape index (κ3) is 6.99. The van der Waals surface area contributed by atoms with E-state index in [1.165, 1.54) is 0 Å².